The van der Waals surface area contributed by atoms with Gasteiger partial charge in [-0.2, -0.15) is 0 Å². The lowest BCUT2D eigenvalue weighted by Gasteiger charge is -2.28. The van der Waals surface area contributed by atoms with Gasteiger partial charge < -0.3 is 5.11 Å². The van der Waals surface area contributed by atoms with Gasteiger partial charge in [0.05, 0.1) is 6.61 Å². The molecule has 1 atom stereocenters. The predicted molar refractivity (Wildman–Crippen MR) is 40.6 cm³/mol. The summed E-state index contributed by atoms with van der Waals surface area (Å²) in [5.74, 6) is 0. The fourth-order valence-corrected chi connectivity index (χ4v) is 1.78. The summed E-state index contributed by atoms with van der Waals surface area (Å²) >= 11 is 0. The Kier molecular flexibility index (Phi) is 1.21. The van der Waals surface area contributed by atoms with E-state index in [2.05, 4.69) is 18.2 Å². The third kappa shape index (κ3) is 0.739. The Morgan fingerprint density at radius 3 is 2.70 bits per heavy atom. The molecule has 2 aliphatic carbocycles. The Morgan fingerprint density at radius 1 is 1.60 bits per heavy atom. The van der Waals surface area contributed by atoms with E-state index in [1.165, 1.54) is 18.4 Å². The molecule has 0 amide bonds. The molecule has 1 N–H and O–H groups in total. The van der Waals surface area contributed by atoms with Gasteiger partial charge in [0.25, 0.3) is 0 Å². The summed E-state index contributed by atoms with van der Waals surface area (Å²) in [6.07, 6.45) is 10.2. The van der Waals surface area contributed by atoms with E-state index in [-0.39, 0.29) is 6.61 Å². The molecule has 0 aliphatic heterocycles. The first-order chi connectivity index (χ1) is 4.85. The fraction of sp³-hybridized carbons (Fsp3) is 0.556. The molecule has 2 rings (SSSR count). The van der Waals surface area contributed by atoms with Crippen LogP contribution in [0.3, 0.4) is 0 Å². The van der Waals surface area contributed by atoms with Gasteiger partial charge in [-0.3, -0.25) is 0 Å². The molecule has 1 unspecified atom stereocenters. The molecule has 54 valence electrons. The lowest BCUT2D eigenvalue weighted by Crippen LogP contribution is -2.16. The van der Waals surface area contributed by atoms with Gasteiger partial charge in [-0.15, -0.1) is 0 Å². The molecule has 1 nitrogen and oxygen atoms in total. The van der Waals surface area contributed by atoms with Crippen molar-refractivity contribution < 1.29 is 5.11 Å². The summed E-state index contributed by atoms with van der Waals surface area (Å²) < 4.78 is 0. The minimum atomic E-state index is 0.260. The second-order valence-corrected chi connectivity index (χ2v) is 3.30. The zero-order valence-corrected chi connectivity index (χ0v) is 6.01. The standard InChI is InChI=1S/C9H12O/c10-7-8-2-5-9(6-8)3-1-4-9/h1,3,6,10H,2,4-5,7H2. The van der Waals surface area contributed by atoms with Gasteiger partial charge >= 0.3 is 0 Å². The van der Waals surface area contributed by atoms with Crippen LogP contribution in [0.25, 0.3) is 0 Å². The fourth-order valence-electron chi connectivity index (χ4n) is 1.78. The second-order valence-electron chi connectivity index (χ2n) is 3.30. The molecule has 1 heteroatoms. The molecule has 0 fully saturated rings. The number of rotatable bonds is 1. The number of aliphatic hydroxyl groups is 1. The highest BCUT2D eigenvalue weighted by Gasteiger charge is 2.33. The molecule has 1 spiro atoms. The zero-order chi connectivity index (χ0) is 7.03. The van der Waals surface area contributed by atoms with E-state index in [9.17, 15) is 0 Å². The van der Waals surface area contributed by atoms with Crippen molar-refractivity contribution in [2.45, 2.75) is 19.3 Å². The summed E-state index contributed by atoms with van der Waals surface area (Å²) in [5, 5.41) is 8.83. The van der Waals surface area contributed by atoms with Crippen LogP contribution in [-0.2, 0) is 0 Å². The third-order valence-corrected chi connectivity index (χ3v) is 2.55. The highest BCUT2D eigenvalue weighted by molar-refractivity contribution is 5.30. The van der Waals surface area contributed by atoms with Crippen molar-refractivity contribution in [3.8, 4) is 0 Å². The van der Waals surface area contributed by atoms with E-state index in [1.54, 1.807) is 0 Å². The predicted octanol–water partition coefficient (Wildman–Crippen LogP) is 1.65. The normalized spacial score (nSPS) is 36.3. The topological polar surface area (TPSA) is 20.2 Å². The highest BCUT2D eigenvalue weighted by atomic mass is 16.3. The van der Waals surface area contributed by atoms with Gasteiger partial charge in [-0.05, 0) is 24.8 Å². The van der Waals surface area contributed by atoms with Crippen LogP contribution in [0.5, 0.6) is 0 Å². The van der Waals surface area contributed by atoms with Gasteiger partial charge in [0.2, 0.25) is 0 Å². The first kappa shape index (κ1) is 6.17. The lowest BCUT2D eigenvalue weighted by atomic mass is 9.76. The first-order valence-electron chi connectivity index (χ1n) is 3.84. The summed E-state index contributed by atoms with van der Waals surface area (Å²) in [7, 11) is 0. The van der Waals surface area contributed by atoms with E-state index in [0.717, 1.165) is 6.42 Å². The van der Waals surface area contributed by atoms with Gasteiger partial charge in [0, 0.05) is 5.41 Å². The average molecular weight is 136 g/mol. The van der Waals surface area contributed by atoms with Gasteiger partial charge in [0.1, 0.15) is 0 Å². The smallest absolute Gasteiger partial charge is 0.0642 e. The minimum Gasteiger partial charge on any atom is -0.392 e. The number of hydrogen-bond acceptors (Lipinski definition) is 1. The van der Waals surface area contributed by atoms with Crippen LogP contribution < -0.4 is 0 Å². The zero-order valence-electron chi connectivity index (χ0n) is 6.01. The number of aliphatic hydroxyl groups excluding tert-OH is 1. The van der Waals surface area contributed by atoms with Gasteiger partial charge in [-0.1, -0.05) is 18.2 Å². The van der Waals surface area contributed by atoms with Gasteiger partial charge in [-0.25, -0.2) is 0 Å². The molecular formula is C9H12O. The molecule has 2 aliphatic rings. The Bertz CT molecular complexity index is 203. The summed E-state index contributed by atoms with van der Waals surface area (Å²) in [6, 6.07) is 0. The van der Waals surface area contributed by atoms with E-state index in [1.807, 2.05) is 0 Å². The van der Waals surface area contributed by atoms with Crippen LogP contribution in [-0.4, -0.2) is 11.7 Å². The SMILES string of the molecule is OCC1=CC2(C=CC2)CC1. The Balaban J connectivity index is 2.16. The third-order valence-electron chi connectivity index (χ3n) is 2.55. The van der Waals surface area contributed by atoms with Crippen LogP contribution in [0.15, 0.2) is 23.8 Å². The maximum atomic E-state index is 8.83. The van der Waals surface area contributed by atoms with Gasteiger partial charge in [0.15, 0.2) is 0 Å². The lowest BCUT2D eigenvalue weighted by molar-refractivity contribution is 0.328. The molecule has 0 saturated heterocycles. The molecule has 0 aromatic rings. The molecule has 0 aromatic carbocycles. The minimum absolute atomic E-state index is 0.260. The number of hydrogen-bond donors (Lipinski definition) is 1. The van der Waals surface area contributed by atoms with Crippen LogP contribution in [0.4, 0.5) is 0 Å². The van der Waals surface area contributed by atoms with Crippen molar-refractivity contribution in [2.75, 3.05) is 6.61 Å². The molecule has 0 saturated carbocycles. The van der Waals surface area contributed by atoms with Crippen LogP contribution >= 0.6 is 0 Å². The maximum absolute atomic E-state index is 8.83. The van der Waals surface area contributed by atoms with E-state index in [4.69, 9.17) is 5.11 Å². The average Bonchev–Trinajstić information content (AvgIpc) is 2.29. The molecular weight excluding hydrogens is 124 g/mol. The number of allylic oxidation sites excluding steroid dienone is 3. The summed E-state index contributed by atoms with van der Waals surface area (Å²) in [5.41, 5.74) is 1.61. The Hall–Kier alpha value is -0.560. The first-order valence-corrected chi connectivity index (χ1v) is 3.84. The van der Waals surface area contributed by atoms with Crippen molar-refractivity contribution >= 4 is 0 Å². The summed E-state index contributed by atoms with van der Waals surface area (Å²) in [6.45, 7) is 0.260. The van der Waals surface area contributed by atoms with Crippen molar-refractivity contribution in [2.24, 2.45) is 5.41 Å². The Labute approximate surface area is 61.1 Å². The quantitative estimate of drug-likeness (QED) is 0.543. The van der Waals surface area contributed by atoms with Crippen molar-refractivity contribution in [3.63, 3.8) is 0 Å². The molecule has 0 aromatic heterocycles. The van der Waals surface area contributed by atoms with E-state index >= 15 is 0 Å². The van der Waals surface area contributed by atoms with Crippen molar-refractivity contribution in [1.29, 1.82) is 0 Å². The maximum Gasteiger partial charge on any atom is 0.0642 e. The molecule has 0 radical (unpaired) electrons. The monoisotopic (exact) mass is 136 g/mol. The van der Waals surface area contributed by atoms with Crippen molar-refractivity contribution in [3.05, 3.63) is 23.8 Å². The Morgan fingerprint density at radius 2 is 2.40 bits per heavy atom. The van der Waals surface area contributed by atoms with Crippen LogP contribution in [0.2, 0.25) is 0 Å². The van der Waals surface area contributed by atoms with Crippen LogP contribution in [0.1, 0.15) is 19.3 Å². The van der Waals surface area contributed by atoms with E-state index < -0.39 is 0 Å². The molecule has 0 heterocycles. The summed E-state index contributed by atoms with van der Waals surface area (Å²) in [4.78, 5) is 0. The molecule has 0 bridgehead atoms. The highest BCUT2D eigenvalue weighted by Crippen LogP contribution is 2.45. The van der Waals surface area contributed by atoms with E-state index in [0.29, 0.717) is 5.41 Å². The van der Waals surface area contributed by atoms with Crippen molar-refractivity contribution in [1.82, 2.24) is 0 Å². The molecule has 10 heavy (non-hydrogen) atoms. The second kappa shape index (κ2) is 1.96. The largest absolute Gasteiger partial charge is 0.392 e. The van der Waals surface area contributed by atoms with Crippen LogP contribution in [0, 0.1) is 5.41 Å².